The molecule has 1 N–H and O–H groups in total. The normalized spacial score (nSPS) is 31.4. The van der Waals surface area contributed by atoms with Crippen LogP contribution >= 0.6 is 0 Å². The van der Waals surface area contributed by atoms with Gasteiger partial charge in [0.05, 0.1) is 13.0 Å². The zero-order valence-electron chi connectivity index (χ0n) is 11.0. The lowest BCUT2D eigenvalue weighted by molar-refractivity contribution is -0.149. The minimum atomic E-state index is -0.0462. The molecule has 0 aromatic carbocycles. The Bertz CT molecular complexity index is 242. The molecule has 1 heterocycles. The van der Waals surface area contributed by atoms with Crippen LogP contribution < -0.4 is 5.32 Å². The summed E-state index contributed by atoms with van der Waals surface area (Å²) in [5.74, 6) is 0.665. The largest absolute Gasteiger partial charge is 0.469 e. The first-order valence-electron chi connectivity index (χ1n) is 6.38. The van der Waals surface area contributed by atoms with Crippen molar-refractivity contribution in [3.63, 3.8) is 0 Å². The van der Waals surface area contributed by atoms with Crippen molar-refractivity contribution < 1.29 is 9.53 Å². The molecule has 3 heteroatoms. The summed E-state index contributed by atoms with van der Waals surface area (Å²) in [6, 6.07) is 0. The fourth-order valence-electron chi connectivity index (χ4n) is 2.85. The van der Waals surface area contributed by atoms with Gasteiger partial charge in [-0.15, -0.1) is 0 Å². The molecule has 0 aliphatic carbocycles. The molecule has 16 heavy (non-hydrogen) atoms. The van der Waals surface area contributed by atoms with Crippen molar-refractivity contribution in [1.82, 2.24) is 5.32 Å². The highest BCUT2D eigenvalue weighted by Crippen LogP contribution is 2.42. The van der Waals surface area contributed by atoms with E-state index in [9.17, 15) is 4.79 Å². The first kappa shape index (κ1) is 13.5. The van der Waals surface area contributed by atoms with Gasteiger partial charge in [0.25, 0.3) is 0 Å². The summed E-state index contributed by atoms with van der Waals surface area (Å²) < 4.78 is 4.93. The SMILES string of the molecule is CCC(C)CC1(CC)CNCC1C(=O)OC. The van der Waals surface area contributed by atoms with E-state index in [4.69, 9.17) is 4.74 Å². The maximum Gasteiger partial charge on any atom is 0.310 e. The van der Waals surface area contributed by atoms with Crippen LogP contribution in [-0.2, 0) is 9.53 Å². The van der Waals surface area contributed by atoms with Gasteiger partial charge in [-0.25, -0.2) is 0 Å². The zero-order valence-corrected chi connectivity index (χ0v) is 11.0. The fourth-order valence-corrected chi connectivity index (χ4v) is 2.85. The molecule has 3 nitrogen and oxygen atoms in total. The van der Waals surface area contributed by atoms with Crippen molar-refractivity contribution in [1.29, 1.82) is 0 Å². The minimum Gasteiger partial charge on any atom is -0.469 e. The van der Waals surface area contributed by atoms with Crippen LogP contribution in [0.5, 0.6) is 0 Å². The van der Waals surface area contributed by atoms with Crippen LogP contribution in [0.15, 0.2) is 0 Å². The fraction of sp³-hybridized carbons (Fsp3) is 0.923. The minimum absolute atomic E-state index is 0.0384. The number of hydrogen-bond acceptors (Lipinski definition) is 3. The van der Waals surface area contributed by atoms with E-state index in [1.165, 1.54) is 13.5 Å². The Morgan fingerprint density at radius 1 is 1.56 bits per heavy atom. The highest BCUT2D eigenvalue weighted by atomic mass is 16.5. The average molecular weight is 227 g/mol. The molecule has 0 saturated carbocycles. The molecule has 1 fully saturated rings. The van der Waals surface area contributed by atoms with Crippen LogP contribution in [0.2, 0.25) is 0 Å². The lowest BCUT2D eigenvalue weighted by atomic mass is 9.70. The van der Waals surface area contributed by atoms with Crippen LogP contribution in [0.1, 0.15) is 40.0 Å². The number of carbonyl (C=O) groups is 1. The summed E-state index contributed by atoms with van der Waals surface area (Å²) >= 11 is 0. The monoisotopic (exact) mass is 227 g/mol. The van der Waals surface area contributed by atoms with E-state index in [0.29, 0.717) is 5.92 Å². The van der Waals surface area contributed by atoms with Crippen molar-refractivity contribution in [2.45, 2.75) is 40.0 Å². The van der Waals surface area contributed by atoms with E-state index in [1.807, 2.05) is 0 Å². The van der Waals surface area contributed by atoms with Crippen LogP contribution in [0, 0.1) is 17.3 Å². The summed E-state index contributed by atoms with van der Waals surface area (Å²) in [5, 5.41) is 3.36. The second-order valence-corrected chi connectivity index (χ2v) is 5.14. The predicted molar refractivity (Wildman–Crippen MR) is 65.2 cm³/mol. The van der Waals surface area contributed by atoms with Gasteiger partial charge in [-0.2, -0.15) is 0 Å². The number of ether oxygens (including phenoxy) is 1. The standard InChI is InChI=1S/C13H25NO2/c1-5-10(3)7-13(6-2)9-14-8-11(13)12(15)16-4/h10-11,14H,5-9H2,1-4H3. The maximum atomic E-state index is 11.8. The lowest BCUT2D eigenvalue weighted by Crippen LogP contribution is -2.36. The van der Waals surface area contributed by atoms with Gasteiger partial charge >= 0.3 is 5.97 Å². The quantitative estimate of drug-likeness (QED) is 0.732. The molecule has 1 saturated heterocycles. The summed E-state index contributed by atoms with van der Waals surface area (Å²) in [6.07, 6.45) is 3.34. The number of nitrogens with one attached hydrogen (secondary N) is 1. The Morgan fingerprint density at radius 2 is 2.25 bits per heavy atom. The van der Waals surface area contributed by atoms with E-state index in [-0.39, 0.29) is 17.3 Å². The molecule has 0 bridgehead atoms. The Hall–Kier alpha value is -0.570. The lowest BCUT2D eigenvalue weighted by Gasteiger charge is -2.34. The maximum absolute atomic E-state index is 11.8. The van der Waals surface area contributed by atoms with Gasteiger partial charge in [0.1, 0.15) is 0 Å². The third-order valence-corrected chi connectivity index (χ3v) is 4.21. The molecule has 1 aliphatic rings. The topological polar surface area (TPSA) is 38.3 Å². The van der Waals surface area contributed by atoms with Gasteiger partial charge in [0.2, 0.25) is 0 Å². The molecule has 3 atom stereocenters. The third kappa shape index (κ3) is 2.57. The van der Waals surface area contributed by atoms with E-state index in [2.05, 4.69) is 26.1 Å². The van der Waals surface area contributed by atoms with Crippen molar-refractivity contribution in [3.05, 3.63) is 0 Å². The predicted octanol–water partition coefficient (Wildman–Crippen LogP) is 2.21. The molecular formula is C13H25NO2. The molecule has 94 valence electrons. The van der Waals surface area contributed by atoms with Gasteiger partial charge in [0, 0.05) is 13.1 Å². The first-order valence-corrected chi connectivity index (χ1v) is 6.38. The summed E-state index contributed by atoms with van der Waals surface area (Å²) in [4.78, 5) is 11.8. The molecule has 1 aliphatic heterocycles. The first-order chi connectivity index (χ1) is 7.59. The Labute approximate surface area is 98.9 Å². The Balaban J connectivity index is 2.79. The van der Waals surface area contributed by atoms with E-state index < -0.39 is 0 Å². The second kappa shape index (κ2) is 5.67. The van der Waals surface area contributed by atoms with Gasteiger partial charge in [-0.05, 0) is 24.2 Å². The van der Waals surface area contributed by atoms with Crippen molar-refractivity contribution in [2.24, 2.45) is 17.3 Å². The molecule has 0 aromatic rings. The molecule has 0 aromatic heterocycles. The molecule has 3 unspecified atom stereocenters. The molecular weight excluding hydrogens is 202 g/mol. The van der Waals surface area contributed by atoms with E-state index in [1.54, 1.807) is 0 Å². The highest BCUT2D eigenvalue weighted by Gasteiger charge is 2.46. The number of esters is 1. The van der Waals surface area contributed by atoms with Crippen LogP contribution in [0.3, 0.4) is 0 Å². The van der Waals surface area contributed by atoms with Crippen LogP contribution in [0.25, 0.3) is 0 Å². The Kier molecular flexibility index (Phi) is 4.78. The van der Waals surface area contributed by atoms with Gasteiger partial charge in [-0.3, -0.25) is 4.79 Å². The highest BCUT2D eigenvalue weighted by molar-refractivity contribution is 5.74. The van der Waals surface area contributed by atoms with Crippen LogP contribution in [-0.4, -0.2) is 26.2 Å². The van der Waals surface area contributed by atoms with Gasteiger partial charge in [-0.1, -0.05) is 27.2 Å². The van der Waals surface area contributed by atoms with Gasteiger partial charge < -0.3 is 10.1 Å². The molecule has 0 amide bonds. The van der Waals surface area contributed by atoms with Gasteiger partial charge in [0.15, 0.2) is 0 Å². The average Bonchev–Trinajstić information content (AvgIpc) is 2.72. The third-order valence-electron chi connectivity index (χ3n) is 4.21. The van der Waals surface area contributed by atoms with Crippen molar-refractivity contribution in [3.8, 4) is 0 Å². The van der Waals surface area contributed by atoms with Crippen molar-refractivity contribution in [2.75, 3.05) is 20.2 Å². The van der Waals surface area contributed by atoms with Crippen LogP contribution in [0.4, 0.5) is 0 Å². The summed E-state index contributed by atoms with van der Waals surface area (Å²) in [7, 11) is 1.49. The number of methoxy groups -OCH3 is 1. The van der Waals surface area contributed by atoms with E-state index >= 15 is 0 Å². The number of rotatable bonds is 5. The molecule has 1 rings (SSSR count). The van der Waals surface area contributed by atoms with E-state index in [0.717, 1.165) is 25.9 Å². The number of hydrogen-bond donors (Lipinski definition) is 1. The zero-order chi connectivity index (χ0) is 12.2. The smallest absolute Gasteiger partial charge is 0.310 e. The van der Waals surface area contributed by atoms with Crippen molar-refractivity contribution >= 4 is 5.97 Å². The molecule has 0 spiro atoms. The summed E-state index contributed by atoms with van der Waals surface area (Å²) in [5.41, 5.74) is 0.114. The number of carbonyl (C=O) groups excluding carboxylic acids is 1. The molecule has 0 radical (unpaired) electrons. The summed E-state index contributed by atoms with van der Waals surface area (Å²) in [6.45, 7) is 8.39. The second-order valence-electron chi connectivity index (χ2n) is 5.14. The Morgan fingerprint density at radius 3 is 2.75 bits per heavy atom.